The van der Waals surface area contributed by atoms with Gasteiger partial charge >= 0.3 is 0 Å². The minimum atomic E-state index is -0.522. The van der Waals surface area contributed by atoms with Crippen LogP contribution in [0.15, 0.2) is 18.2 Å². The molecule has 5 fully saturated rings. The maximum absolute atomic E-state index is 13.8. The van der Waals surface area contributed by atoms with Crippen molar-refractivity contribution in [2.75, 3.05) is 19.6 Å². The van der Waals surface area contributed by atoms with Crippen molar-refractivity contribution in [2.24, 2.45) is 11.8 Å². The number of piperidine rings is 3. The fourth-order valence-corrected chi connectivity index (χ4v) is 5.65. The predicted octanol–water partition coefficient (Wildman–Crippen LogP) is 3.15. The van der Waals surface area contributed by atoms with E-state index in [2.05, 4.69) is 9.80 Å². The van der Waals surface area contributed by atoms with E-state index < -0.39 is 11.6 Å². The topological polar surface area (TPSA) is 23.6 Å². The first-order chi connectivity index (χ1) is 12.1. The molecule has 4 aliphatic heterocycles. The number of carbonyl (C=O) groups excluding carboxylic acids is 1. The first-order valence-electron chi connectivity index (χ1n) is 9.62. The van der Waals surface area contributed by atoms with E-state index in [0.29, 0.717) is 18.0 Å². The van der Waals surface area contributed by atoms with Crippen LogP contribution in [0.4, 0.5) is 8.78 Å². The molecule has 0 radical (unpaired) electrons. The van der Waals surface area contributed by atoms with Crippen LogP contribution in [0.5, 0.6) is 0 Å². The van der Waals surface area contributed by atoms with Gasteiger partial charge in [0.2, 0.25) is 5.91 Å². The third-order valence-electron chi connectivity index (χ3n) is 7.04. The molecule has 134 valence electrons. The Morgan fingerprint density at radius 3 is 2.24 bits per heavy atom. The summed E-state index contributed by atoms with van der Waals surface area (Å²) in [6.45, 7) is 2.71. The Morgan fingerprint density at radius 1 is 0.960 bits per heavy atom. The molecule has 2 bridgehead atoms. The summed E-state index contributed by atoms with van der Waals surface area (Å²) in [4.78, 5) is 17.6. The summed E-state index contributed by atoms with van der Waals surface area (Å²) in [6.07, 6.45) is 5.42. The molecule has 25 heavy (non-hydrogen) atoms. The van der Waals surface area contributed by atoms with Crippen molar-refractivity contribution in [2.45, 2.75) is 50.1 Å². The van der Waals surface area contributed by atoms with Crippen molar-refractivity contribution in [3.8, 4) is 0 Å². The molecule has 0 spiro atoms. The lowest BCUT2D eigenvalue weighted by atomic mass is 9.75. The average Bonchev–Trinajstić information content (AvgIpc) is 2.96. The van der Waals surface area contributed by atoms with Gasteiger partial charge in [-0.05, 0) is 62.4 Å². The van der Waals surface area contributed by atoms with E-state index >= 15 is 0 Å². The molecule has 0 N–H and O–H groups in total. The fourth-order valence-electron chi connectivity index (χ4n) is 5.65. The zero-order valence-electron chi connectivity index (χ0n) is 14.3. The zero-order valence-corrected chi connectivity index (χ0v) is 14.3. The Balaban J connectivity index is 1.52. The Hall–Kier alpha value is -1.49. The standard InChI is InChI=1S/C20H24F2N2O/c21-15-8-14(9-16(22)10-15)17-11-24(20(25)13-2-1-3-13)18-12-4-6-23(7-5-12)19(17)18/h8-10,12-13,17-19H,1-7,11H2/t17-,18+,19+/m1/s1. The number of fused-ring (bicyclic) bond motifs is 2. The molecule has 1 aliphatic carbocycles. The lowest BCUT2D eigenvalue weighted by Crippen LogP contribution is -2.61. The molecule has 0 unspecified atom stereocenters. The van der Waals surface area contributed by atoms with Crippen LogP contribution in [-0.2, 0) is 4.79 Å². The maximum Gasteiger partial charge on any atom is 0.226 e. The molecule has 1 saturated carbocycles. The van der Waals surface area contributed by atoms with E-state index in [0.717, 1.165) is 51.3 Å². The Bertz CT molecular complexity index is 677. The molecule has 3 nitrogen and oxygen atoms in total. The molecule has 5 aliphatic rings. The lowest BCUT2D eigenvalue weighted by Gasteiger charge is -2.51. The third-order valence-corrected chi connectivity index (χ3v) is 7.04. The van der Waals surface area contributed by atoms with E-state index in [9.17, 15) is 13.6 Å². The quantitative estimate of drug-likeness (QED) is 0.821. The van der Waals surface area contributed by atoms with Crippen molar-refractivity contribution in [3.63, 3.8) is 0 Å². The first-order valence-corrected chi connectivity index (χ1v) is 9.62. The van der Waals surface area contributed by atoms with E-state index in [1.807, 2.05) is 0 Å². The van der Waals surface area contributed by atoms with Crippen LogP contribution in [0, 0.1) is 23.5 Å². The zero-order chi connectivity index (χ0) is 17.1. The number of likely N-dealkylation sites (tertiary alicyclic amines) is 1. The van der Waals surface area contributed by atoms with Crippen LogP contribution in [0.25, 0.3) is 0 Å². The molecule has 4 saturated heterocycles. The maximum atomic E-state index is 13.8. The van der Waals surface area contributed by atoms with Gasteiger partial charge in [-0.2, -0.15) is 0 Å². The van der Waals surface area contributed by atoms with Crippen molar-refractivity contribution in [1.29, 1.82) is 0 Å². The molecule has 6 rings (SSSR count). The fraction of sp³-hybridized carbons (Fsp3) is 0.650. The van der Waals surface area contributed by atoms with Crippen molar-refractivity contribution in [3.05, 3.63) is 35.4 Å². The van der Waals surface area contributed by atoms with Crippen LogP contribution in [0.1, 0.15) is 43.6 Å². The van der Waals surface area contributed by atoms with Crippen LogP contribution < -0.4 is 0 Å². The molecule has 1 aromatic rings. The molecular formula is C20H24F2N2O. The van der Waals surface area contributed by atoms with E-state index in [1.165, 1.54) is 12.1 Å². The van der Waals surface area contributed by atoms with Crippen LogP contribution in [0.3, 0.4) is 0 Å². The number of carbonyl (C=O) groups is 1. The van der Waals surface area contributed by atoms with Gasteiger partial charge in [-0.25, -0.2) is 8.78 Å². The second-order valence-electron chi connectivity index (χ2n) is 8.28. The first kappa shape index (κ1) is 15.7. The Morgan fingerprint density at radius 2 is 1.64 bits per heavy atom. The number of hydrogen-bond donors (Lipinski definition) is 0. The Labute approximate surface area is 147 Å². The highest BCUT2D eigenvalue weighted by Crippen LogP contribution is 2.47. The summed E-state index contributed by atoms with van der Waals surface area (Å²) in [6, 6.07) is 4.31. The SMILES string of the molecule is O=C(C1CCC1)N1C[C@H](c2cc(F)cc(F)c2)[C@H]2[C@@H]1C1CCN2CC1. The number of amides is 1. The summed E-state index contributed by atoms with van der Waals surface area (Å²) in [5, 5.41) is 0. The molecule has 3 atom stereocenters. The smallest absolute Gasteiger partial charge is 0.226 e. The summed E-state index contributed by atoms with van der Waals surface area (Å²) < 4.78 is 27.6. The van der Waals surface area contributed by atoms with Crippen molar-refractivity contribution in [1.82, 2.24) is 9.80 Å². The van der Waals surface area contributed by atoms with Crippen LogP contribution >= 0.6 is 0 Å². The van der Waals surface area contributed by atoms with Gasteiger partial charge in [0.25, 0.3) is 0 Å². The summed E-state index contributed by atoms with van der Waals surface area (Å²) in [7, 11) is 0. The van der Waals surface area contributed by atoms with Gasteiger partial charge in [0, 0.05) is 30.5 Å². The highest BCUT2D eigenvalue weighted by molar-refractivity contribution is 5.80. The van der Waals surface area contributed by atoms with Crippen LogP contribution in [-0.4, -0.2) is 47.4 Å². The van der Waals surface area contributed by atoms with Gasteiger partial charge in [-0.1, -0.05) is 6.42 Å². The van der Waals surface area contributed by atoms with E-state index in [-0.39, 0.29) is 29.8 Å². The third kappa shape index (κ3) is 2.42. The minimum Gasteiger partial charge on any atom is -0.337 e. The minimum absolute atomic E-state index is 0.0160. The lowest BCUT2D eigenvalue weighted by molar-refractivity contribution is -0.143. The monoisotopic (exact) mass is 346 g/mol. The second-order valence-corrected chi connectivity index (χ2v) is 8.28. The Kier molecular flexibility index (Phi) is 3.63. The van der Waals surface area contributed by atoms with Crippen molar-refractivity contribution >= 4 is 5.91 Å². The number of nitrogens with zero attached hydrogens (tertiary/aromatic N) is 2. The largest absolute Gasteiger partial charge is 0.337 e. The number of benzene rings is 1. The van der Waals surface area contributed by atoms with Crippen molar-refractivity contribution < 1.29 is 13.6 Å². The molecule has 1 aromatic carbocycles. The summed E-state index contributed by atoms with van der Waals surface area (Å²) in [5.74, 6) is -0.0178. The molecule has 1 amide bonds. The second kappa shape index (κ2) is 5.76. The van der Waals surface area contributed by atoms with Gasteiger partial charge in [-0.15, -0.1) is 0 Å². The van der Waals surface area contributed by atoms with Gasteiger partial charge < -0.3 is 4.90 Å². The summed E-state index contributed by atoms with van der Waals surface area (Å²) >= 11 is 0. The van der Waals surface area contributed by atoms with Gasteiger partial charge in [0.15, 0.2) is 0 Å². The van der Waals surface area contributed by atoms with Crippen LogP contribution in [0.2, 0.25) is 0 Å². The van der Waals surface area contributed by atoms with E-state index in [4.69, 9.17) is 0 Å². The molecular weight excluding hydrogens is 322 g/mol. The number of rotatable bonds is 2. The normalized spacial score (nSPS) is 37.0. The van der Waals surface area contributed by atoms with Gasteiger partial charge in [0.05, 0.1) is 6.04 Å². The summed E-state index contributed by atoms with van der Waals surface area (Å²) in [5.41, 5.74) is 0.712. The highest BCUT2D eigenvalue weighted by Gasteiger charge is 2.55. The molecule has 5 heteroatoms. The molecule has 4 heterocycles. The predicted molar refractivity (Wildman–Crippen MR) is 90.0 cm³/mol. The van der Waals surface area contributed by atoms with Gasteiger partial charge in [0.1, 0.15) is 11.6 Å². The number of hydrogen-bond acceptors (Lipinski definition) is 2. The average molecular weight is 346 g/mol. The number of halogens is 2. The molecule has 0 aromatic heterocycles. The van der Waals surface area contributed by atoms with E-state index in [1.54, 1.807) is 0 Å². The van der Waals surface area contributed by atoms with Gasteiger partial charge in [-0.3, -0.25) is 9.69 Å². The highest BCUT2D eigenvalue weighted by atomic mass is 19.1.